The van der Waals surface area contributed by atoms with Crippen LogP contribution in [0.3, 0.4) is 0 Å². The van der Waals surface area contributed by atoms with Crippen LogP contribution in [0, 0.1) is 13.8 Å². The van der Waals surface area contributed by atoms with E-state index in [0.717, 1.165) is 5.56 Å². The molecule has 1 aliphatic rings. The van der Waals surface area contributed by atoms with Gasteiger partial charge in [0.05, 0.1) is 29.1 Å². The zero-order valence-corrected chi connectivity index (χ0v) is 17.0. The Morgan fingerprint density at radius 2 is 1.89 bits per heavy atom. The SMILES string of the molecule is COc1cc(N2CCCS2(=O)=O)ccc1NS(=O)(=O)c1cccc(C)c1C. The van der Waals surface area contributed by atoms with Gasteiger partial charge in [0.15, 0.2) is 0 Å². The number of hydrogen-bond donors (Lipinski definition) is 1. The summed E-state index contributed by atoms with van der Waals surface area (Å²) in [5.74, 6) is 0.361. The smallest absolute Gasteiger partial charge is 0.262 e. The van der Waals surface area contributed by atoms with Crippen LogP contribution < -0.4 is 13.8 Å². The van der Waals surface area contributed by atoms with E-state index in [9.17, 15) is 16.8 Å². The Kier molecular flexibility index (Phi) is 5.09. The molecule has 0 atom stereocenters. The predicted octanol–water partition coefficient (Wildman–Crippen LogP) is 2.65. The molecule has 1 saturated heterocycles. The number of hydrogen-bond acceptors (Lipinski definition) is 5. The molecule has 2 aromatic carbocycles. The van der Waals surface area contributed by atoms with E-state index < -0.39 is 20.0 Å². The average Bonchev–Trinajstić information content (AvgIpc) is 2.96. The highest BCUT2D eigenvalue weighted by molar-refractivity contribution is 7.93. The van der Waals surface area contributed by atoms with Gasteiger partial charge in [-0.25, -0.2) is 16.8 Å². The molecule has 1 aliphatic heterocycles. The van der Waals surface area contributed by atoms with Gasteiger partial charge in [-0.3, -0.25) is 9.03 Å². The van der Waals surface area contributed by atoms with Gasteiger partial charge in [0.2, 0.25) is 10.0 Å². The van der Waals surface area contributed by atoms with Crippen LogP contribution in [0.5, 0.6) is 5.75 Å². The summed E-state index contributed by atoms with van der Waals surface area (Å²) in [4.78, 5) is 0.191. The van der Waals surface area contributed by atoms with Gasteiger partial charge in [-0.2, -0.15) is 0 Å². The zero-order chi connectivity index (χ0) is 19.8. The number of methoxy groups -OCH3 is 1. The molecule has 7 nitrogen and oxygen atoms in total. The van der Waals surface area contributed by atoms with E-state index in [4.69, 9.17) is 4.74 Å². The number of benzene rings is 2. The molecule has 1 heterocycles. The highest BCUT2D eigenvalue weighted by Crippen LogP contribution is 2.34. The molecule has 0 saturated carbocycles. The van der Waals surface area contributed by atoms with Gasteiger partial charge in [-0.05, 0) is 49.6 Å². The van der Waals surface area contributed by atoms with E-state index in [1.54, 1.807) is 25.1 Å². The summed E-state index contributed by atoms with van der Waals surface area (Å²) in [5, 5.41) is 0. The molecule has 0 unspecified atom stereocenters. The Balaban J connectivity index is 1.97. The van der Waals surface area contributed by atoms with Crippen LogP contribution in [0.2, 0.25) is 0 Å². The molecule has 0 radical (unpaired) electrons. The number of nitrogens with one attached hydrogen (secondary N) is 1. The summed E-state index contributed by atoms with van der Waals surface area (Å²) >= 11 is 0. The normalized spacial score (nSPS) is 16.3. The summed E-state index contributed by atoms with van der Waals surface area (Å²) in [6.45, 7) is 4.00. The molecule has 0 amide bonds. The van der Waals surface area contributed by atoms with E-state index in [1.807, 2.05) is 13.0 Å². The van der Waals surface area contributed by atoms with Crippen LogP contribution >= 0.6 is 0 Å². The standard InChI is InChI=1S/C18H22N2O5S2/c1-13-6-4-7-18(14(13)2)27(23,24)19-16-9-8-15(12-17(16)25-3)20-10-5-11-26(20,21)22/h4,6-9,12,19H,5,10-11H2,1-3H3. The fourth-order valence-electron chi connectivity index (χ4n) is 3.06. The Bertz CT molecular complexity index is 1080. The van der Waals surface area contributed by atoms with Gasteiger partial charge < -0.3 is 4.74 Å². The molecule has 3 rings (SSSR count). The van der Waals surface area contributed by atoms with Crippen LogP contribution in [-0.4, -0.2) is 36.2 Å². The fourth-order valence-corrected chi connectivity index (χ4v) is 6.01. The monoisotopic (exact) mass is 410 g/mol. The van der Waals surface area contributed by atoms with Crippen molar-refractivity contribution >= 4 is 31.4 Å². The Hall–Kier alpha value is -2.26. The number of nitrogens with zero attached hydrogens (tertiary/aromatic N) is 1. The second-order valence-corrected chi connectivity index (χ2v) is 10.1. The molecule has 27 heavy (non-hydrogen) atoms. The fraction of sp³-hybridized carbons (Fsp3) is 0.333. The Morgan fingerprint density at radius 3 is 2.52 bits per heavy atom. The number of rotatable bonds is 5. The minimum absolute atomic E-state index is 0.107. The molecule has 1 N–H and O–H groups in total. The van der Waals surface area contributed by atoms with Gasteiger partial charge in [0, 0.05) is 12.6 Å². The van der Waals surface area contributed by atoms with Crippen molar-refractivity contribution < 1.29 is 21.6 Å². The largest absolute Gasteiger partial charge is 0.494 e. The van der Waals surface area contributed by atoms with Gasteiger partial charge in [-0.15, -0.1) is 0 Å². The van der Waals surface area contributed by atoms with E-state index in [0.29, 0.717) is 24.2 Å². The first-order valence-electron chi connectivity index (χ1n) is 8.43. The molecule has 0 aromatic heterocycles. The van der Waals surface area contributed by atoms with Gasteiger partial charge in [0.25, 0.3) is 10.0 Å². The minimum Gasteiger partial charge on any atom is -0.494 e. The van der Waals surface area contributed by atoms with Crippen LogP contribution in [0.25, 0.3) is 0 Å². The second-order valence-electron chi connectivity index (χ2n) is 6.43. The molecule has 9 heteroatoms. The molecule has 0 spiro atoms. The van der Waals surface area contributed by atoms with Crippen molar-refractivity contribution in [3.8, 4) is 5.75 Å². The van der Waals surface area contributed by atoms with Crippen LogP contribution in [0.4, 0.5) is 11.4 Å². The maximum Gasteiger partial charge on any atom is 0.262 e. The average molecular weight is 411 g/mol. The first kappa shape index (κ1) is 19.5. The Morgan fingerprint density at radius 1 is 1.15 bits per heavy atom. The summed E-state index contributed by atoms with van der Waals surface area (Å²) < 4.78 is 59.0. The number of anilines is 2. The highest BCUT2D eigenvalue weighted by Gasteiger charge is 2.29. The molecule has 0 bridgehead atoms. The van der Waals surface area contributed by atoms with E-state index in [1.165, 1.54) is 23.5 Å². The summed E-state index contributed by atoms with van der Waals surface area (Å²) in [6.07, 6.45) is 0.561. The molecule has 0 aliphatic carbocycles. The second kappa shape index (κ2) is 7.05. The number of aryl methyl sites for hydroxylation is 1. The molecule has 146 valence electrons. The first-order valence-corrected chi connectivity index (χ1v) is 11.5. The van der Waals surface area contributed by atoms with E-state index in [-0.39, 0.29) is 22.1 Å². The summed E-state index contributed by atoms with van der Waals surface area (Å²) in [5.41, 5.74) is 2.25. The molecule has 2 aromatic rings. The van der Waals surface area contributed by atoms with Crippen LogP contribution in [-0.2, 0) is 20.0 Å². The van der Waals surface area contributed by atoms with Crippen molar-refractivity contribution in [1.82, 2.24) is 0 Å². The summed E-state index contributed by atoms with van der Waals surface area (Å²) in [7, 11) is -5.73. The molecular formula is C18H22N2O5S2. The van der Waals surface area contributed by atoms with Crippen molar-refractivity contribution in [3.05, 3.63) is 47.5 Å². The quantitative estimate of drug-likeness (QED) is 0.818. The van der Waals surface area contributed by atoms with Crippen molar-refractivity contribution in [3.63, 3.8) is 0 Å². The van der Waals surface area contributed by atoms with Crippen LogP contribution in [0.1, 0.15) is 17.5 Å². The Labute approximate surface area is 160 Å². The first-order chi connectivity index (χ1) is 12.7. The maximum absolute atomic E-state index is 12.8. The highest BCUT2D eigenvalue weighted by atomic mass is 32.2. The third-order valence-corrected chi connectivity index (χ3v) is 8.04. The summed E-state index contributed by atoms with van der Waals surface area (Å²) in [6, 6.07) is 9.71. The van der Waals surface area contributed by atoms with E-state index in [2.05, 4.69) is 4.72 Å². The van der Waals surface area contributed by atoms with E-state index >= 15 is 0 Å². The predicted molar refractivity (Wildman–Crippen MR) is 105 cm³/mol. The number of sulfonamides is 2. The van der Waals surface area contributed by atoms with Crippen molar-refractivity contribution in [2.75, 3.05) is 28.4 Å². The lowest BCUT2D eigenvalue weighted by molar-refractivity contribution is 0.417. The lowest BCUT2D eigenvalue weighted by Gasteiger charge is -2.19. The maximum atomic E-state index is 12.8. The van der Waals surface area contributed by atoms with Crippen molar-refractivity contribution in [2.24, 2.45) is 0 Å². The minimum atomic E-state index is -3.82. The third-order valence-electron chi connectivity index (χ3n) is 4.66. The van der Waals surface area contributed by atoms with Gasteiger partial charge in [0.1, 0.15) is 5.75 Å². The topological polar surface area (TPSA) is 92.8 Å². The lowest BCUT2D eigenvalue weighted by Crippen LogP contribution is -2.25. The number of ether oxygens (including phenoxy) is 1. The van der Waals surface area contributed by atoms with Gasteiger partial charge >= 0.3 is 0 Å². The van der Waals surface area contributed by atoms with Gasteiger partial charge in [-0.1, -0.05) is 12.1 Å². The molecule has 1 fully saturated rings. The molecular weight excluding hydrogens is 388 g/mol. The van der Waals surface area contributed by atoms with Crippen molar-refractivity contribution in [2.45, 2.75) is 25.2 Å². The van der Waals surface area contributed by atoms with Crippen LogP contribution in [0.15, 0.2) is 41.3 Å². The van der Waals surface area contributed by atoms with Crippen molar-refractivity contribution in [1.29, 1.82) is 0 Å². The zero-order valence-electron chi connectivity index (χ0n) is 15.4. The lowest BCUT2D eigenvalue weighted by atomic mass is 10.1. The third kappa shape index (κ3) is 3.74.